The number of carbonyl (C=O) groups is 4. The number of hydrogen-bond acceptors (Lipinski definition) is 5. The summed E-state index contributed by atoms with van der Waals surface area (Å²) in [4.78, 5) is 48.9. The minimum atomic E-state index is -1.79. The summed E-state index contributed by atoms with van der Waals surface area (Å²) in [5.74, 6) is -8.98. The largest absolute Gasteiger partial charge is 0.481 e. The van der Waals surface area contributed by atoms with Gasteiger partial charge in [-0.25, -0.2) is 0 Å². The van der Waals surface area contributed by atoms with Gasteiger partial charge in [-0.1, -0.05) is 0 Å². The predicted molar refractivity (Wildman–Crippen MR) is 92.2 cm³/mol. The molecule has 8 unspecified atom stereocenters. The van der Waals surface area contributed by atoms with Crippen molar-refractivity contribution in [2.45, 2.75) is 48.0 Å². The quantitative estimate of drug-likeness (QED) is 0.523. The Morgan fingerprint density at radius 2 is 1.04 bits per heavy atom. The summed E-state index contributed by atoms with van der Waals surface area (Å²) in [6.45, 7) is 0. The van der Waals surface area contributed by atoms with Gasteiger partial charge in [-0.3, -0.25) is 19.2 Å². The van der Waals surface area contributed by atoms with E-state index in [0.717, 1.165) is 0 Å². The molecule has 0 saturated heterocycles. The minimum Gasteiger partial charge on any atom is -0.481 e. The molecule has 4 fully saturated rings. The number of thioether (sulfide) groups is 1. The van der Waals surface area contributed by atoms with Gasteiger partial charge >= 0.3 is 23.9 Å². The fraction of sp³-hybridized carbons (Fsp3) is 0.778. The molecule has 0 aromatic carbocycles. The molecule has 4 aliphatic carbocycles. The van der Waals surface area contributed by atoms with Crippen molar-refractivity contribution < 1.29 is 39.6 Å². The van der Waals surface area contributed by atoms with Crippen LogP contribution in [0.2, 0.25) is 0 Å². The molecule has 0 spiro atoms. The van der Waals surface area contributed by atoms with E-state index in [2.05, 4.69) is 0 Å². The van der Waals surface area contributed by atoms with Crippen LogP contribution < -0.4 is 0 Å². The van der Waals surface area contributed by atoms with E-state index in [-0.39, 0.29) is 11.8 Å². The number of hydrogen-bond donors (Lipinski definition) is 4. The highest BCUT2D eigenvalue weighted by molar-refractivity contribution is 8.03. The van der Waals surface area contributed by atoms with E-state index in [1.807, 2.05) is 0 Å². The first-order valence-corrected chi connectivity index (χ1v) is 10.1. The molecule has 4 aliphatic rings. The Balaban J connectivity index is 1.85. The molecule has 0 aromatic rings. The second-order valence-corrected chi connectivity index (χ2v) is 10.0. The van der Waals surface area contributed by atoms with E-state index >= 15 is 0 Å². The molecule has 27 heavy (non-hydrogen) atoms. The number of carboxylic acid groups (broad SMARTS) is 4. The summed E-state index contributed by atoms with van der Waals surface area (Å²) in [5.41, 5.74) is 0. The van der Waals surface area contributed by atoms with Crippen LogP contribution in [0, 0.1) is 35.5 Å². The second kappa shape index (κ2) is 5.86. The number of aliphatic carboxylic acids is 4. The summed E-state index contributed by atoms with van der Waals surface area (Å²) in [6.07, 6.45) is 3.19. The maximum absolute atomic E-state index is 12.4. The highest BCUT2D eigenvalue weighted by atomic mass is 32.2. The van der Waals surface area contributed by atoms with E-state index in [1.54, 1.807) is 0 Å². The second-order valence-electron chi connectivity index (χ2n) is 8.47. The van der Waals surface area contributed by atoms with Crippen LogP contribution in [-0.4, -0.2) is 53.8 Å². The molecule has 4 bridgehead atoms. The van der Waals surface area contributed by atoms with E-state index < -0.39 is 57.0 Å². The van der Waals surface area contributed by atoms with Gasteiger partial charge in [0.2, 0.25) is 0 Å². The van der Waals surface area contributed by atoms with Crippen LogP contribution in [0.5, 0.6) is 0 Å². The zero-order valence-corrected chi connectivity index (χ0v) is 15.4. The van der Waals surface area contributed by atoms with Gasteiger partial charge in [-0.2, -0.15) is 0 Å². The average Bonchev–Trinajstić information content (AvgIpc) is 3.32. The molecule has 4 rings (SSSR count). The first kappa shape index (κ1) is 18.6. The molecule has 148 valence electrons. The number of rotatable bonds is 6. The summed E-state index contributed by atoms with van der Waals surface area (Å²) in [7, 11) is 0. The number of carboxylic acids is 4. The molecular weight excluding hydrogens is 376 g/mol. The van der Waals surface area contributed by atoms with Gasteiger partial charge in [-0.05, 0) is 62.2 Å². The monoisotopic (exact) mass is 398 g/mol. The minimum absolute atomic E-state index is 0.302. The Morgan fingerprint density at radius 1 is 0.667 bits per heavy atom. The average molecular weight is 398 g/mol. The van der Waals surface area contributed by atoms with Crippen LogP contribution in [-0.2, 0) is 19.2 Å². The van der Waals surface area contributed by atoms with Crippen molar-refractivity contribution in [3.63, 3.8) is 0 Å². The van der Waals surface area contributed by atoms with Gasteiger partial charge in [0, 0.05) is 0 Å². The first-order chi connectivity index (χ1) is 12.7. The molecule has 4 N–H and O–H groups in total. The highest BCUT2D eigenvalue weighted by Gasteiger charge is 2.74. The van der Waals surface area contributed by atoms with Crippen molar-refractivity contribution in [1.82, 2.24) is 0 Å². The lowest BCUT2D eigenvalue weighted by Gasteiger charge is -2.46. The fourth-order valence-electron chi connectivity index (χ4n) is 6.67. The van der Waals surface area contributed by atoms with Crippen molar-refractivity contribution in [2.24, 2.45) is 35.5 Å². The van der Waals surface area contributed by atoms with Crippen LogP contribution in [0.4, 0.5) is 0 Å². The summed E-state index contributed by atoms with van der Waals surface area (Å²) >= 11 is 0.664. The Morgan fingerprint density at radius 3 is 1.33 bits per heavy atom. The molecule has 8 atom stereocenters. The molecule has 0 heterocycles. The highest BCUT2D eigenvalue weighted by Crippen LogP contribution is 2.69. The van der Waals surface area contributed by atoms with Crippen LogP contribution in [0.15, 0.2) is 0 Å². The smallest absolute Gasteiger partial charge is 0.321 e. The van der Waals surface area contributed by atoms with Crippen molar-refractivity contribution in [1.29, 1.82) is 0 Å². The summed E-state index contributed by atoms with van der Waals surface area (Å²) in [6, 6.07) is 0. The van der Waals surface area contributed by atoms with Crippen molar-refractivity contribution in [3.8, 4) is 0 Å². The fourth-order valence-corrected chi connectivity index (χ4v) is 9.01. The van der Waals surface area contributed by atoms with Crippen molar-refractivity contribution >= 4 is 35.6 Å². The van der Waals surface area contributed by atoms with E-state index in [9.17, 15) is 39.6 Å². The molecule has 0 amide bonds. The van der Waals surface area contributed by atoms with Crippen molar-refractivity contribution in [2.75, 3.05) is 0 Å². The Kier molecular flexibility index (Phi) is 4.04. The number of fused-ring (bicyclic) bond motifs is 4. The topological polar surface area (TPSA) is 149 Å². The van der Waals surface area contributed by atoms with Gasteiger partial charge in [0.25, 0.3) is 0 Å². The van der Waals surface area contributed by atoms with E-state index in [0.29, 0.717) is 50.3 Å². The van der Waals surface area contributed by atoms with Crippen LogP contribution in [0.1, 0.15) is 38.5 Å². The predicted octanol–water partition coefficient (Wildman–Crippen LogP) is 1.63. The molecule has 8 nitrogen and oxygen atoms in total. The third-order valence-electron chi connectivity index (χ3n) is 7.56. The lowest BCUT2D eigenvalue weighted by Crippen LogP contribution is -2.59. The van der Waals surface area contributed by atoms with E-state index in [4.69, 9.17) is 0 Å². The lowest BCUT2D eigenvalue weighted by atomic mass is 9.77. The molecule has 4 saturated carbocycles. The molecule has 0 aliphatic heterocycles. The maximum Gasteiger partial charge on any atom is 0.321 e. The van der Waals surface area contributed by atoms with Gasteiger partial charge in [0.15, 0.2) is 0 Å². The van der Waals surface area contributed by atoms with Gasteiger partial charge in [-0.15, -0.1) is 11.8 Å². The van der Waals surface area contributed by atoms with Gasteiger partial charge in [0.1, 0.15) is 9.49 Å². The standard InChI is InChI=1S/C18H22O8S/c19-13(20)11-7-1-3-9(5-7)17(11,15(23)24)27-18(16(25)26)10-4-2-8(6-10)12(18)14(21)22/h7-12H,1-6H2,(H,19,20)(H,21,22)(H,23,24)(H,25,26). The van der Waals surface area contributed by atoms with Crippen LogP contribution in [0.25, 0.3) is 0 Å². The van der Waals surface area contributed by atoms with Gasteiger partial charge < -0.3 is 20.4 Å². The lowest BCUT2D eigenvalue weighted by molar-refractivity contribution is -0.155. The third kappa shape index (κ3) is 2.17. The molecule has 0 radical (unpaired) electrons. The Bertz CT molecular complexity index is 677. The maximum atomic E-state index is 12.4. The first-order valence-electron chi connectivity index (χ1n) is 9.28. The van der Waals surface area contributed by atoms with Crippen LogP contribution >= 0.6 is 11.8 Å². The SMILES string of the molecule is O=C(O)C1C2CCC(C2)C1(SC1(C(=O)O)C2CCC(C2)C1C(=O)O)C(=O)O. The Hall–Kier alpha value is -1.77. The zero-order valence-electron chi connectivity index (χ0n) is 14.5. The zero-order chi connectivity index (χ0) is 19.7. The molecule has 0 aromatic heterocycles. The van der Waals surface area contributed by atoms with Crippen LogP contribution in [0.3, 0.4) is 0 Å². The Labute approximate surface area is 159 Å². The summed E-state index contributed by atoms with van der Waals surface area (Å²) in [5, 5.41) is 39.8. The summed E-state index contributed by atoms with van der Waals surface area (Å²) < 4.78 is -3.57. The molecular formula is C18H22O8S. The molecule has 9 heteroatoms. The normalized spacial score (nSPS) is 47.3. The van der Waals surface area contributed by atoms with Crippen molar-refractivity contribution in [3.05, 3.63) is 0 Å². The third-order valence-corrected chi connectivity index (χ3v) is 9.76. The van der Waals surface area contributed by atoms with E-state index in [1.165, 1.54) is 0 Å². The van der Waals surface area contributed by atoms with Gasteiger partial charge in [0.05, 0.1) is 11.8 Å².